The number of nitrogens with one attached hydrogen (secondary N) is 1. The summed E-state index contributed by atoms with van der Waals surface area (Å²) in [7, 11) is 0. The van der Waals surface area contributed by atoms with Crippen molar-refractivity contribution < 1.29 is 15.0 Å². The zero-order valence-electron chi connectivity index (χ0n) is 10.5. The molecule has 0 aliphatic rings. The van der Waals surface area contributed by atoms with Crippen LogP contribution in [0.25, 0.3) is 0 Å². The smallest absolute Gasteiger partial charge is 0.237 e. The molecule has 0 radical (unpaired) electrons. The number of aliphatic hydroxyl groups is 2. The lowest BCUT2D eigenvalue weighted by Gasteiger charge is -2.27. The minimum absolute atomic E-state index is 0.340. The van der Waals surface area contributed by atoms with Gasteiger partial charge in [0.2, 0.25) is 5.91 Å². The Morgan fingerprint density at radius 3 is 2.39 bits per heavy atom. The number of carbonyl (C=O) groups is 1. The second-order valence-electron chi connectivity index (χ2n) is 4.66. The topological polar surface area (TPSA) is 95.6 Å². The standard InChI is InChI=1S/C13H20N2O3/c1-13(8-16,9-17)15-12(18)11(14)7-10-5-3-2-4-6-10/h2-6,11,16-17H,7-9,14H2,1H3,(H,15,18)/t11-/m0/s1. The first-order chi connectivity index (χ1) is 8.50. The van der Waals surface area contributed by atoms with Gasteiger partial charge in [0.25, 0.3) is 0 Å². The molecule has 0 saturated heterocycles. The Hall–Kier alpha value is -1.43. The number of rotatable bonds is 6. The van der Waals surface area contributed by atoms with Crippen molar-refractivity contribution in [3.05, 3.63) is 35.9 Å². The number of nitrogens with two attached hydrogens (primary N) is 1. The summed E-state index contributed by atoms with van der Waals surface area (Å²) in [6.07, 6.45) is 0.416. The number of amides is 1. The molecular weight excluding hydrogens is 232 g/mol. The highest BCUT2D eigenvalue weighted by molar-refractivity contribution is 5.82. The molecule has 5 N–H and O–H groups in total. The molecule has 0 spiro atoms. The van der Waals surface area contributed by atoms with E-state index in [1.807, 2.05) is 30.3 Å². The van der Waals surface area contributed by atoms with Gasteiger partial charge in [-0.2, -0.15) is 0 Å². The highest BCUT2D eigenvalue weighted by Gasteiger charge is 2.27. The molecule has 0 bridgehead atoms. The van der Waals surface area contributed by atoms with Crippen LogP contribution >= 0.6 is 0 Å². The van der Waals surface area contributed by atoms with E-state index in [4.69, 9.17) is 15.9 Å². The van der Waals surface area contributed by atoms with Crippen molar-refractivity contribution in [2.24, 2.45) is 5.73 Å². The maximum absolute atomic E-state index is 11.8. The van der Waals surface area contributed by atoms with Crippen LogP contribution in [0.5, 0.6) is 0 Å². The number of benzene rings is 1. The predicted octanol–water partition coefficient (Wildman–Crippen LogP) is -0.584. The Labute approximate surface area is 107 Å². The van der Waals surface area contributed by atoms with E-state index in [2.05, 4.69) is 5.32 Å². The van der Waals surface area contributed by atoms with Crippen LogP contribution in [-0.4, -0.2) is 40.9 Å². The van der Waals surface area contributed by atoms with Crippen molar-refractivity contribution in [2.75, 3.05) is 13.2 Å². The first kappa shape index (κ1) is 14.6. The normalized spacial score (nSPS) is 13.1. The Morgan fingerprint density at radius 1 is 1.33 bits per heavy atom. The monoisotopic (exact) mass is 252 g/mol. The van der Waals surface area contributed by atoms with Crippen molar-refractivity contribution in [1.29, 1.82) is 0 Å². The lowest BCUT2D eigenvalue weighted by Crippen LogP contribution is -2.56. The zero-order valence-corrected chi connectivity index (χ0v) is 10.5. The molecule has 0 unspecified atom stereocenters. The Balaban J connectivity index is 2.57. The van der Waals surface area contributed by atoms with Crippen LogP contribution in [0.2, 0.25) is 0 Å². The molecule has 5 nitrogen and oxygen atoms in total. The molecule has 0 fully saturated rings. The highest BCUT2D eigenvalue weighted by atomic mass is 16.3. The maximum atomic E-state index is 11.8. The second kappa shape index (κ2) is 6.49. The van der Waals surface area contributed by atoms with Crippen molar-refractivity contribution in [1.82, 2.24) is 5.32 Å². The summed E-state index contributed by atoms with van der Waals surface area (Å²) in [4.78, 5) is 11.8. The summed E-state index contributed by atoms with van der Waals surface area (Å²) in [6.45, 7) is 0.876. The Morgan fingerprint density at radius 2 is 1.89 bits per heavy atom. The second-order valence-corrected chi connectivity index (χ2v) is 4.66. The molecule has 1 atom stereocenters. The number of carbonyl (C=O) groups excluding carboxylic acids is 1. The molecule has 1 aromatic rings. The predicted molar refractivity (Wildman–Crippen MR) is 68.8 cm³/mol. The third-order valence-electron chi connectivity index (χ3n) is 2.76. The molecule has 100 valence electrons. The summed E-state index contributed by atoms with van der Waals surface area (Å²) in [5.41, 5.74) is 5.72. The Bertz CT molecular complexity index is 377. The third-order valence-corrected chi connectivity index (χ3v) is 2.76. The van der Waals surface area contributed by atoms with E-state index < -0.39 is 11.6 Å². The molecule has 18 heavy (non-hydrogen) atoms. The van der Waals surface area contributed by atoms with Gasteiger partial charge in [0.1, 0.15) is 0 Å². The lowest BCUT2D eigenvalue weighted by molar-refractivity contribution is -0.125. The van der Waals surface area contributed by atoms with Crippen LogP contribution in [0.3, 0.4) is 0 Å². The summed E-state index contributed by atoms with van der Waals surface area (Å²) >= 11 is 0. The van der Waals surface area contributed by atoms with E-state index in [1.54, 1.807) is 6.92 Å². The van der Waals surface area contributed by atoms with E-state index in [0.717, 1.165) is 5.56 Å². The molecule has 5 heteroatoms. The molecule has 0 aliphatic heterocycles. The van der Waals surface area contributed by atoms with Gasteiger partial charge in [-0.25, -0.2) is 0 Å². The molecule has 0 saturated carbocycles. The minimum Gasteiger partial charge on any atom is -0.394 e. The zero-order chi connectivity index (χ0) is 13.6. The fraction of sp³-hybridized carbons (Fsp3) is 0.462. The number of hydrogen-bond acceptors (Lipinski definition) is 4. The summed E-state index contributed by atoms with van der Waals surface area (Å²) in [5.74, 6) is -0.385. The molecule has 1 rings (SSSR count). The maximum Gasteiger partial charge on any atom is 0.237 e. The van der Waals surface area contributed by atoms with Crippen molar-refractivity contribution in [3.63, 3.8) is 0 Å². The van der Waals surface area contributed by atoms with Gasteiger partial charge in [0.15, 0.2) is 0 Å². The molecule has 0 aromatic heterocycles. The minimum atomic E-state index is -1.04. The first-order valence-corrected chi connectivity index (χ1v) is 5.84. The van der Waals surface area contributed by atoms with Crippen LogP contribution in [-0.2, 0) is 11.2 Å². The van der Waals surface area contributed by atoms with Crippen molar-refractivity contribution >= 4 is 5.91 Å². The number of hydrogen-bond donors (Lipinski definition) is 4. The fourth-order valence-corrected chi connectivity index (χ4v) is 1.48. The van der Waals surface area contributed by atoms with E-state index >= 15 is 0 Å². The molecule has 0 heterocycles. The third kappa shape index (κ3) is 4.10. The van der Waals surface area contributed by atoms with E-state index in [1.165, 1.54) is 0 Å². The summed E-state index contributed by atoms with van der Waals surface area (Å²) in [6, 6.07) is 8.74. The molecular formula is C13H20N2O3. The quantitative estimate of drug-likeness (QED) is 0.544. The SMILES string of the molecule is CC(CO)(CO)NC(=O)[C@@H](N)Cc1ccccc1. The van der Waals surface area contributed by atoms with Crippen LogP contribution in [0.4, 0.5) is 0 Å². The van der Waals surface area contributed by atoms with Crippen LogP contribution in [0.1, 0.15) is 12.5 Å². The van der Waals surface area contributed by atoms with Crippen LogP contribution in [0.15, 0.2) is 30.3 Å². The summed E-state index contributed by atoms with van der Waals surface area (Å²) < 4.78 is 0. The van der Waals surface area contributed by atoms with Gasteiger partial charge in [0, 0.05) is 0 Å². The highest BCUT2D eigenvalue weighted by Crippen LogP contribution is 2.05. The largest absolute Gasteiger partial charge is 0.394 e. The van der Waals surface area contributed by atoms with Gasteiger partial charge in [-0.05, 0) is 18.9 Å². The van der Waals surface area contributed by atoms with Gasteiger partial charge < -0.3 is 21.3 Å². The van der Waals surface area contributed by atoms with Crippen LogP contribution < -0.4 is 11.1 Å². The van der Waals surface area contributed by atoms with E-state index in [0.29, 0.717) is 6.42 Å². The average Bonchev–Trinajstić information content (AvgIpc) is 2.39. The van der Waals surface area contributed by atoms with Gasteiger partial charge in [-0.3, -0.25) is 4.79 Å². The van der Waals surface area contributed by atoms with Crippen molar-refractivity contribution in [2.45, 2.75) is 24.9 Å². The average molecular weight is 252 g/mol. The van der Waals surface area contributed by atoms with Gasteiger partial charge in [-0.15, -0.1) is 0 Å². The van der Waals surface area contributed by atoms with Gasteiger partial charge >= 0.3 is 0 Å². The van der Waals surface area contributed by atoms with E-state index in [9.17, 15) is 4.79 Å². The lowest BCUT2D eigenvalue weighted by atomic mass is 10.0. The van der Waals surface area contributed by atoms with Gasteiger partial charge in [0.05, 0.1) is 24.8 Å². The van der Waals surface area contributed by atoms with Crippen molar-refractivity contribution in [3.8, 4) is 0 Å². The molecule has 0 aliphatic carbocycles. The Kier molecular flexibility index (Phi) is 5.27. The van der Waals surface area contributed by atoms with Crippen LogP contribution in [0, 0.1) is 0 Å². The molecule has 1 amide bonds. The number of aliphatic hydroxyl groups excluding tert-OH is 2. The first-order valence-electron chi connectivity index (χ1n) is 5.84. The molecule has 1 aromatic carbocycles. The van der Waals surface area contributed by atoms with E-state index in [-0.39, 0.29) is 19.1 Å². The fourth-order valence-electron chi connectivity index (χ4n) is 1.48. The summed E-state index contributed by atoms with van der Waals surface area (Å²) in [5, 5.41) is 20.7. The van der Waals surface area contributed by atoms with Gasteiger partial charge in [-0.1, -0.05) is 30.3 Å².